The number of pyridine rings is 1. The largest absolute Gasteiger partial charge is 0.494 e. The molecule has 2 amide bonds. The molecule has 1 aliphatic carbocycles. The third-order valence-electron chi connectivity index (χ3n) is 6.91. The first-order valence-corrected chi connectivity index (χ1v) is 12.8. The molecule has 0 bridgehead atoms. The highest BCUT2D eigenvalue weighted by molar-refractivity contribution is 5.97. The number of nitrogens with one attached hydrogen (secondary N) is 1. The standard InChI is InChI=1S/C27H32N6O4/c1-16(2)15-32-25-20(10-11-22(34)31-13-5-7-21(31)18-6-4-12-28-14-18)17(3)30-33(25)27(37)23(26(32)36)24(35)29-19-8-9-19/h4,6,10-12,14,16,19,21,36H,5,7-9,13,15H2,1-3H3,(H,29,35). The van der Waals surface area contributed by atoms with Gasteiger partial charge in [-0.15, -0.1) is 0 Å². The van der Waals surface area contributed by atoms with Crippen LogP contribution in [0.5, 0.6) is 5.88 Å². The first-order valence-electron chi connectivity index (χ1n) is 12.8. The van der Waals surface area contributed by atoms with Gasteiger partial charge >= 0.3 is 0 Å². The number of rotatable bonds is 7. The van der Waals surface area contributed by atoms with Crippen LogP contribution in [0.1, 0.15) is 72.8 Å². The van der Waals surface area contributed by atoms with Gasteiger partial charge in [0.1, 0.15) is 5.65 Å². The van der Waals surface area contributed by atoms with Gasteiger partial charge in [-0.3, -0.25) is 23.9 Å². The molecule has 2 aliphatic rings. The van der Waals surface area contributed by atoms with Crippen molar-refractivity contribution in [2.24, 2.45) is 5.92 Å². The summed E-state index contributed by atoms with van der Waals surface area (Å²) in [4.78, 5) is 45.4. The Balaban J connectivity index is 1.54. The molecular weight excluding hydrogens is 472 g/mol. The number of likely N-dealkylation sites (tertiary alicyclic amines) is 1. The van der Waals surface area contributed by atoms with Crippen molar-refractivity contribution in [1.82, 2.24) is 29.4 Å². The molecule has 37 heavy (non-hydrogen) atoms. The van der Waals surface area contributed by atoms with Crippen LogP contribution >= 0.6 is 0 Å². The van der Waals surface area contributed by atoms with Gasteiger partial charge in [0.05, 0.1) is 11.7 Å². The normalized spacial score (nSPS) is 17.8. The van der Waals surface area contributed by atoms with E-state index in [1.54, 1.807) is 30.0 Å². The summed E-state index contributed by atoms with van der Waals surface area (Å²) in [6.45, 7) is 6.70. The van der Waals surface area contributed by atoms with Gasteiger partial charge in [0.15, 0.2) is 5.56 Å². The van der Waals surface area contributed by atoms with Gasteiger partial charge in [0, 0.05) is 43.2 Å². The molecule has 0 aromatic carbocycles. The molecule has 194 valence electrons. The Kier molecular flexibility index (Phi) is 6.57. The predicted octanol–water partition coefficient (Wildman–Crippen LogP) is 2.83. The molecule has 2 fully saturated rings. The molecule has 2 N–H and O–H groups in total. The van der Waals surface area contributed by atoms with Crippen molar-refractivity contribution in [2.45, 2.75) is 65.1 Å². The number of carbonyl (C=O) groups is 2. The van der Waals surface area contributed by atoms with Crippen LogP contribution in [-0.4, -0.2) is 53.6 Å². The second-order valence-electron chi connectivity index (χ2n) is 10.3. The highest BCUT2D eigenvalue weighted by atomic mass is 16.3. The Hall–Kier alpha value is -3.95. The molecule has 1 atom stereocenters. The fourth-order valence-electron chi connectivity index (χ4n) is 4.98. The number of hydrogen-bond acceptors (Lipinski definition) is 6. The fourth-order valence-corrected chi connectivity index (χ4v) is 4.98. The van der Waals surface area contributed by atoms with E-state index in [9.17, 15) is 19.5 Å². The summed E-state index contributed by atoms with van der Waals surface area (Å²) in [5.74, 6) is -1.02. The molecule has 1 saturated heterocycles. The fraction of sp³-hybridized carbons (Fsp3) is 0.444. The van der Waals surface area contributed by atoms with Crippen LogP contribution in [0.2, 0.25) is 0 Å². The summed E-state index contributed by atoms with van der Waals surface area (Å²) < 4.78 is 2.71. The van der Waals surface area contributed by atoms with Crippen molar-refractivity contribution in [1.29, 1.82) is 0 Å². The van der Waals surface area contributed by atoms with Crippen LogP contribution in [-0.2, 0) is 11.3 Å². The van der Waals surface area contributed by atoms with E-state index < -0.39 is 11.5 Å². The highest BCUT2D eigenvalue weighted by Gasteiger charge is 2.31. The highest BCUT2D eigenvalue weighted by Crippen LogP contribution is 2.32. The number of aromatic nitrogens is 4. The van der Waals surface area contributed by atoms with E-state index in [1.807, 2.05) is 30.9 Å². The third kappa shape index (κ3) is 4.75. The zero-order valence-electron chi connectivity index (χ0n) is 21.3. The van der Waals surface area contributed by atoms with E-state index in [0.29, 0.717) is 30.0 Å². The Morgan fingerprint density at radius 2 is 2.05 bits per heavy atom. The SMILES string of the molecule is Cc1nn2c(=O)c(C(=O)NC3CC3)c(O)n(CC(C)C)c2c1C=CC(=O)N1CCCC1c1cccnc1. The maximum absolute atomic E-state index is 13.3. The molecule has 1 unspecified atom stereocenters. The predicted molar refractivity (Wildman–Crippen MR) is 138 cm³/mol. The average molecular weight is 505 g/mol. The zero-order chi connectivity index (χ0) is 26.3. The van der Waals surface area contributed by atoms with Crippen molar-refractivity contribution in [3.8, 4) is 5.88 Å². The first kappa shape index (κ1) is 24.7. The number of nitrogens with zero attached hydrogens (tertiary/aromatic N) is 5. The summed E-state index contributed by atoms with van der Waals surface area (Å²) in [6.07, 6.45) is 10.1. The molecular formula is C27H32N6O4. The smallest absolute Gasteiger partial charge is 0.291 e. The maximum atomic E-state index is 13.3. The van der Waals surface area contributed by atoms with Gasteiger partial charge in [0.2, 0.25) is 11.8 Å². The molecule has 0 radical (unpaired) electrons. The second-order valence-corrected chi connectivity index (χ2v) is 10.3. The third-order valence-corrected chi connectivity index (χ3v) is 6.91. The van der Waals surface area contributed by atoms with Gasteiger partial charge in [-0.2, -0.15) is 9.61 Å². The van der Waals surface area contributed by atoms with Crippen molar-refractivity contribution in [2.75, 3.05) is 6.54 Å². The summed E-state index contributed by atoms with van der Waals surface area (Å²) >= 11 is 0. The van der Waals surface area contributed by atoms with Crippen LogP contribution in [0.15, 0.2) is 35.4 Å². The van der Waals surface area contributed by atoms with Crippen molar-refractivity contribution in [3.05, 3.63) is 63.3 Å². The van der Waals surface area contributed by atoms with Gasteiger partial charge in [-0.1, -0.05) is 19.9 Å². The Labute approximate surface area is 214 Å². The van der Waals surface area contributed by atoms with E-state index in [-0.39, 0.29) is 35.4 Å². The minimum Gasteiger partial charge on any atom is -0.494 e. The number of amides is 2. The first-order chi connectivity index (χ1) is 17.8. The van der Waals surface area contributed by atoms with Crippen molar-refractivity contribution in [3.63, 3.8) is 0 Å². The minimum atomic E-state index is -0.684. The molecule has 1 saturated carbocycles. The van der Waals surface area contributed by atoms with Crippen molar-refractivity contribution >= 4 is 23.5 Å². The monoisotopic (exact) mass is 504 g/mol. The Bertz CT molecular complexity index is 1430. The second kappa shape index (κ2) is 9.84. The van der Waals surface area contributed by atoms with E-state index in [0.717, 1.165) is 35.8 Å². The molecule has 10 heteroatoms. The molecule has 1 aliphatic heterocycles. The van der Waals surface area contributed by atoms with E-state index >= 15 is 0 Å². The lowest BCUT2D eigenvalue weighted by molar-refractivity contribution is -0.126. The van der Waals surface area contributed by atoms with Gasteiger partial charge in [-0.25, -0.2) is 0 Å². The number of aryl methyl sites for hydroxylation is 1. The van der Waals surface area contributed by atoms with E-state index in [1.165, 1.54) is 6.08 Å². The van der Waals surface area contributed by atoms with Crippen LogP contribution in [0.25, 0.3) is 11.7 Å². The molecule has 0 spiro atoms. The lowest BCUT2D eigenvalue weighted by Crippen LogP contribution is -2.34. The van der Waals surface area contributed by atoms with Crippen LogP contribution in [0, 0.1) is 12.8 Å². The van der Waals surface area contributed by atoms with Crippen LogP contribution in [0.3, 0.4) is 0 Å². The molecule has 3 aromatic heterocycles. The number of hydrogen-bond donors (Lipinski definition) is 2. The number of aromatic hydroxyl groups is 1. The molecule has 5 rings (SSSR count). The van der Waals surface area contributed by atoms with Gasteiger partial charge in [0.25, 0.3) is 11.5 Å². The van der Waals surface area contributed by atoms with E-state index in [2.05, 4.69) is 15.4 Å². The Morgan fingerprint density at radius 1 is 1.27 bits per heavy atom. The van der Waals surface area contributed by atoms with Crippen molar-refractivity contribution < 1.29 is 14.7 Å². The van der Waals surface area contributed by atoms with Crippen LogP contribution < -0.4 is 10.9 Å². The number of carbonyl (C=O) groups excluding carboxylic acids is 2. The summed E-state index contributed by atoms with van der Waals surface area (Å²) in [5, 5.41) is 18.3. The summed E-state index contributed by atoms with van der Waals surface area (Å²) in [5.41, 5.74) is 1.42. The molecule has 4 heterocycles. The maximum Gasteiger partial charge on any atom is 0.291 e. The average Bonchev–Trinajstić information content (AvgIpc) is 3.42. The quantitative estimate of drug-likeness (QED) is 0.477. The lowest BCUT2D eigenvalue weighted by Gasteiger charge is -2.23. The number of fused-ring (bicyclic) bond motifs is 1. The van der Waals surface area contributed by atoms with E-state index in [4.69, 9.17) is 0 Å². The summed E-state index contributed by atoms with van der Waals surface area (Å²) in [7, 11) is 0. The van der Waals surface area contributed by atoms with Gasteiger partial charge < -0.3 is 15.3 Å². The molecule has 10 nitrogen and oxygen atoms in total. The minimum absolute atomic E-state index is 0.0329. The van der Waals surface area contributed by atoms with Gasteiger partial charge in [-0.05, 0) is 56.2 Å². The summed E-state index contributed by atoms with van der Waals surface area (Å²) in [6, 6.07) is 3.85. The lowest BCUT2D eigenvalue weighted by atomic mass is 10.1. The zero-order valence-corrected chi connectivity index (χ0v) is 21.3. The Morgan fingerprint density at radius 3 is 2.73 bits per heavy atom. The molecule has 3 aromatic rings. The van der Waals surface area contributed by atoms with Crippen LogP contribution in [0.4, 0.5) is 0 Å². The topological polar surface area (TPSA) is 122 Å².